The average Bonchev–Trinajstić information content (AvgIpc) is 3.86. The standard InChI is InChI=1S/C37H42F2N8O4/c1-21-15-27-26(17-40-47(27)28-7-3-4-14-50-28)29(22(21)2)24-8-9-25-31(30(24)39)41-35(51-20-36-10-5-13-46(36)18-23(38)16-36)42-32(25)45-12-6-11-37(19-45)33(48)43-34(49)44-37/h8-9,15,17,23,28H,3-7,10-14,16,18-20H2,1-2H3,(H2,43,44,48,49)/t23-,28?,36+,37-/m1/s1. The minimum Gasteiger partial charge on any atom is -0.461 e. The zero-order valence-electron chi connectivity index (χ0n) is 28.9. The van der Waals surface area contributed by atoms with Crippen LogP contribution in [0.2, 0.25) is 0 Å². The number of halogens is 2. The first-order chi connectivity index (χ1) is 24.6. The number of hydrogen-bond donors (Lipinski definition) is 2. The number of nitrogens with zero attached hydrogens (tertiary/aromatic N) is 6. The second kappa shape index (κ2) is 12.1. The number of alkyl halides is 1. The molecule has 5 fully saturated rings. The summed E-state index contributed by atoms with van der Waals surface area (Å²) in [6, 6.07) is 5.14. The van der Waals surface area contributed by atoms with Gasteiger partial charge in [-0.15, -0.1) is 0 Å². The number of aryl methyl sites for hydroxylation is 1. The lowest BCUT2D eigenvalue weighted by Gasteiger charge is -2.39. The van der Waals surface area contributed by atoms with E-state index < -0.39 is 29.1 Å². The van der Waals surface area contributed by atoms with E-state index in [9.17, 15) is 14.0 Å². The van der Waals surface area contributed by atoms with Crippen LogP contribution >= 0.6 is 0 Å². The minimum atomic E-state index is -1.12. The fourth-order valence-electron chi connectivity index (χ4n) is 9.24. The number of piperidine rings is 1. The SMILES string of the molecule is Cc1cc2c(cnn2C2CCCCO2)c(-c2ccc3c(N4CCC[C@]5(C4)NC(=O)NC5=O)nc(OC[C@@]45CCCN4C[C@H](F)C5)nc3c2F)c1C. The van der Waals surface area contributed by atoms with E-state index in [1.165, 1.54) is 0 Å². The Bertz CT molecular complexity index is 2080. The van der Waals surface area contributed by atoms with Crippen LogP contribution < -0.4 is 20.3 Å². The van der Waals surface area contributed by atoms with Crippen LogP contribution in [-0.4, -0.2) is 93.2 Å². The fraction of sp³-hybridized carbons (Fsp3) is 0.541. The van der Waals surface area contributed by atoms with E-state index in [1.807, 2.05) is 29.5 Å². The number of aromatic nitrogens is 4. The highest BCUT2D eigenvalue weighted by Crippen LogP contribution is 2.43. The van der Waals surface area contributed by atoms with Crippen LogP contribution in [0.3, 0.4) is 0 Å². The van der Waals surface area contributed by atoms with Gasteiger partial charge in [0.05, 0.1) is 23.8 Å². The third-order valence-electron chi connectivity index (χ3n) is 11.9. The van der Waals surface area contributed by atoms with Crippen molar-refractivity contribution in [3.63, 3.8) is 0 Å². The van der Waals surface area contributed by atoms with Gasteiger partial charge in [-0.05, 0) is 94.2 Å². The molecule has 0 aliphatic carbocycles. The van der Waals surface area contributed by atoms with Crippen LogP contribution in [-0.2, 0) is 9.53 Å². The molecule has 9 rings (SSSR count). The van der Waals surface area contributed by atoms with Crippen molar-refractivity contribution in [1.29, 1.82) is 0 Å². The molecule has 2 N–H and O–H groups in total. The van der Waals surface area contributed by atoms with Gasteiger partial charge in [0, 0.05) is 42.5 Å². The summed E-state index contributed by atoms with van der Waals surface area (Å²) in [5.41, 5.74) is 2.43. The lowest BCUT2D eigenvalue weighted by Crippen LogP contribution is -2.58. The summed E-state index contributed by atoms with van der Waals surface area (Å²) in [5.74, 6) is -0.500. The largest absolute Gasteiger partial charge is 0.461 e. The Kier molecular flexibility index (Phi) is 7.69. The Hall–Kier alpha value is -4.43. The molecule has 0 radical (unpaired) electrons. The van der Waals surface area contributed by atoms with Crippen molar-refractivity contribution in [3.8, 4) is 17.1 Å². The zero-order valence-corrected chi connectivity index (χ0v) is 28.9. The Morgan fingerprint density at radius 3 is 2.75 bits per heavy atom. The van der Waals surface area contributed by atoms with Gasteiger partial charge in [0.25, 0.3) is 5.91 Å². The van der Waals surface area contributed by atoms with Crippen molar-refractivity contribution in [2.24, 2.45) is 0 Å². The molecule has 5 aliphatic rings. The second-order valence-corrected chi connectivity index (χ2v) is 15.1. The van der Waals surface area contributed by atoms with E-state index in [4.69, 9.17) is 24.5 Å². The van der Waals surface area contributed by atoms with Gasteiger partial charge >= 0.3 is 12.0 Å². The molecule has 4 aromatic rings. The van der Waals surface area contributed by atoms with E-state index in [2.05, 4.69) is 21.6 Å². The Morgan fingerprint density at radius 2 is 1.94 bits per heavy atom. The predicted molar refractivity (Wildman–Crippen MR) is 186 cm³/mol. The number of nitrogens with one attached hydrogen (secondary N) is 2. The number of rotatable bonds is 6. The summed E-state index contributed by atoms with van der Waals surface area (Å²) in [5, 5.41) is 11.2. The molecule has 1 unspecified atom stereocenters. The molecule has 1 spiro atoms. The van der Waals surface area contributed by atoms with Gasteiger partial charge < -0.3 is 19.7 Å². The number of anilines is 1. The normalized spacial score (nSPS) is 28.2. The number of urea groups is 1. The monoisotopic (exact) mass is 700 g/mol. The topological polar surface area (TPSA) is 127 Å². The van der Waals surface area contributed by atoms with Crippen molar-refractivity contribution < 1.29 is 27.8 Å². The molecule has 7 heterocycles. The molecule has 5 saturated heterocycles. The molecular weight excluding hydrogens is 658 g/mol. The number of carbonyl (C=O) groups excluding carboxylic acids is 2. The number of hydrogen-bond acceptors (Lipinski definition) is 9. The molecule has 14 heteroatoms. The maximum Gasteiger partial charge on any atom is 0.322 e. The maximum atomic E-state index is 17.3. The Morgan fingerprint density at radius 1 is 1.08 bits per heavy atom. The van der Waals surface area contributed by atoms with Crippen LogP contribution in [0.25, 0.3) is 32.9 Å². The van der Waals surface area contributed by atoms with Crippen LogP contribution in [0.15, 0.2) is 24.4 Å². The third kappa shape index (κ3) is 5.23. The van der Waals surface area contributed by atoms with Gasteiger partial charge in [0.1, 0.15) is 29.7 Å². The molecule has 12 nitrogen and oxygen atoms in total. The highest BCUT2D eigenvalue weighted by atomic mass is 19.1. The summed E-state index contributed by atoms with van der Waals surface area (Å²) in [4.78, 5) is 38.8. The first kappa shape index (κ1) is 32.5. The molecule has 0 bridgehead atoms. The molecule has 0 saturated carbocycles. The first-order valence-corrected chi connectivity index (χ1v) is 18.1. The molecule has 5 aliphatic heterocycles. The van der Waals surface area contributed by atoms with E-state index in [0.717, 1.165) is 66.2 Å². The number of ether oxygens (including phenoxy) is 2. The third-order valence-corrected chi connectivity index (χ3v) is 11.9. The molecule has 2 aromatic carbocycles. The van der Waals surface area contributed by atoms with Gasteiger partial charge in [-0.3, -0.25) is 15.0 Å². The lowest BCUT2D eigenvalue weighted by atomic mass is 9.89. The van der Waals surface area contributed by atoms with Gasteiger partial charge in [0.15, 0.2) is 12.0 Å². The van der Waals surface area contributed by atoms with Crippen molar-refractivity contribution >= 4 is 39.6 Å². The highest BCUT2D eigenvalue weighted by molar-refractivity contribution is 6.08. The van der Waals surface area contributed by atoms with Crippen molar-refractivity contribution in [3.05, 3.63) is 41.3 Å². The molecular formula is C37H42F2N8O4. The summed E-state index contributed by atoms with van der Waals surface area (Å²) < 4.78 is 46.2. The zero-order chi connectivity index (χ0) is 35.1. The smallest absolute Gasteiger partial charge is 0.322 e. The van der Waals surface area contributed by atoms with Crippen LogP contribution in [0.5, 0.6) is 6.01 Å². The molecule has 4 atom stereocenters. The van der Waals surface area contributed by atoms with Gasteiger partial charge in [-0.1, -0.05) is 6.07 Å². The molecule has 51 heavy (non-hydrogen) atoms. The van der Waals surface area contributed by atoms with Crippen LogP contribution in [0, 0.1) is 19.7 Å². The van der Waals surface area contributed by atoms with Crippen LogP contribution in [0.4, 0.5) is 19.4 Å². The van der Waals surface area contributed by atoms with E-state index in [1.54, 1.807) is 12.3 Å². The fourth-order valence-corrected chi connectivity index (χ4v) is 9.24. The number of fused-ring (bicyclic) bond motifs is 3. The first-order valence-electron chi connectivity index (χ1n) is 18.1. The van der Waals surface area contributed by atoms with Gasteiger partial charge in [0.2, 0.25) is 0 Å². The lowest BCUT2D eigenvalue weighted by molar-refractivity contribution is -0.124. The van der Waals surface area contributed by atoms with Crippen LogP contribution in [0.1, 0.15) is 68.7 Å². The van der Waals surface area contributed by atoms with E-state index in [-0.39, 0.29) is 36.8 Å². The second-order valence-electron chi connectivity index (χ2n) is 15.1. The summed E-state index contributed by atoms with van der Waals surface area (Å²) >= 11 is 0. The summed E-state index contributed by atoms with van der Waals surface area (Å²) in [6.07, 6.45) is 6.82. The van der Waals surface area contributed by atoms with Gasteiger partial charge in [-0.2, -0.15) is 15.1 Å². The predicted octanol–water partition coefficient (Wildman–Crippen LogP) is 5.24. The Balaban J connectivity index is 1.17. The summed E-state index contributed by atoms with van der Waals surface area (Å²) in [6.45, 7) is 6.74. The molecule has 3 amide bonds. The van der Waals surface area contributed by atoms with Crippen molar-refractivity contribution in [2.45, 2.75) is 88.7 Å². The average molecular weight is 701 g/mol. The van der Waals surface area contributed by atoms with E-state index >= 15 is 4.39 Å². The van der Waals surface area contributed by atoms with Crippen molar-refractivity contribution in [2.75, 3.05) is 44.3 Å². The quantitative estimate of drug-likeness (QED) is 0.260. The highest BCUT2D eigenvalue weighted by Gasteiger charge is 2.50. The maximum absolute atomic E-state index is 17.3. The molecule has 268 valence electrons. The Labute approximate surface area is 293 Å². The number of imide groups is 1. The number of amides is 3. The number of carbonyl (C=O) groups is 2. The molecule has 2 aromatic heterocycles. The van der Waals surface area contributed by atoms with Gasteiger partial charge in [-0.25, -0.2) is 18.3 Å². The van der Waals surface area contributed by atoms with E-state index in [0.29, 0.717) is 55.7 Å². The number of benzene rings is 2. The van der Waals surface area contributed by atoms with Crippen molar-refractivity contribution in [1.82, 2.24) is 35.3 Å². The minimum absolute atomic E-state index is 0.00927. The summed E-state index contributed by atoms with van der Waals surface area (Å²) in [7, 11) is 0.